The summed E-state index contributed by atoms with van der Waals surface area (Å²) in [6.07, 6.45) is -1.55. The number of nitrogens with zero attached hydrogens (tertiary/aromatic N) is 1. The molecule has 2 amide bonds. The van der Waals surface area contributed by atoms with Crippen molar-refractivity contribution in [1.82, 2.24) is 15.5 Å². The van der Waals surface area contributed by atoms with Gasteiger partial charge in [-0.25, -0.2) is 9.59 Å². The number of aliphatic carboxylic acids is 1. The first-order valence-electron chi connectivity index (χ1n) is 12.8. The molecule has 1 heterocycles. The lowest BCUT2D eigenvalue weighted by molar-refractivity contribution is -0.143. The van der Waals surface area contributed by atoms with Crippen molar-refractivity contribution in [3.63, 3.8) is 0 Å². The Hall–Kier alpha value is -4.96. The maximum absolute atomic E-state index is 12.7. The number of carboxylic acids is 1. The van der Waals surface area contributed by atoms with Gasteiger partial charge in [-0.1, -0.05) is 78.9 Å². The van der Waals surface area contributed by atoms with Crippen molar-refractivity contribution in [3.8, 4) is 11.1 Å². The topological polar surface area (TPSA) is 143 Å². The van der Waals surface area contributed by atoms with Crippen molar-refractivity contribution < 1.29 is 29.0 Å². The minimum absolute atomic E-state index is 0.0320. The summed E-state index contributed by atoms with van der Waals surface area (Å²) in [6.45, 7) is 1.89. The van der Waals surface area contributed by atoms with Crippen LogP contribution in [0.3, 0.4) is 0 Å². The van der Waals surface area contributed by atoms with Crippen molar-refractivity contribution in [2.75, 3.05) is 11.9 Å². The summed E-state index contributed by atoms with van der Waals surface area (Å²) in [5.41, 5.74) is 5.26. The van der Waals surface area contributed by atoms with Crippen LogP contribution in [-0.2, 0) is 20.9 Å². The van der Waals surface area contributed by atoms with Gasteiger partial charge in [0.05, 0.1) is 12.7 Å². The molecule has 0 spiro atoms. The van der Waals surface area contributed by atoms with Crippen molar-refractivity contribution in [1.29, 1.82) is 0 Å². The Morgan fingerprint density at radius 2 is 1.57 bits per heavy atom. The predicted octanol–water partition coefficient (Wildman–Crippen LogP) is 4.56. The SMILES string of the molecule is CC(OCc1ccccc1)C(NC(=O)c1cc(NC(=O)OCC2c3ccccc3-c3ccccc32)n[nH]1)C(=O)O. The highest BCUT2D eigenvalue weighted by Gasteiger charge is 2.30. The van der Waals surface area contributed by atoms with Crippen LogP contribution in [0.5, 0.6) is 0 Å². The van der Waals surface area contributed by atoms with Gasteiger partial charge in [-0.3, -0.25) is 15.2 Å². The van der Waals surface area contributed by atoms with E-state index in [-0.39, 0.29) is 30.6 Å². The summed E-state index contributed by atoms with van der Waals surface area (Å²) in [7, 11) is 0. The molecule has 2 atom stereocenters. The van der Waals surface area contributed by atoms with Crippen LogP contribution in [0.25, 0.3) is 11.1 Å². The van der Waals surface area contributed by atoms with E-state index in [0.29, 0.717) is 0 Å². The molecular weight excluding hydrogens is 512 g/mol. The van der Waals surface area contributed by atoms with Gasteiger partial charge in [-0.2, -0.15) is 5.10 Å². The zero-order valence-corrected chi connectivity index (χ0v) is 21.7. The number of hydrogen-bond donors (Lipinski definition) is 4. The maximum atomic E-state index is 12.7. The molecule has 4 N–H and O–H groups in total. The van der Waals surface area contributed by atoms with Gasteiger partial charge >= 0.3 is 12.1 Å². The van der Waals surface area contributed by atoms with Crippen LogP contribution in [0.1, 0.15) is 40.0 Å². The average Bonchev–Trinajstić information content (AvgIpc) is 3.56. The lowest BCUT2D eigenvalue weighted by Gasteiger charge is -2.21. The number of rotatable bonds is 10. The van der Waals surface area contributed by atoms with Crippen LogP contribution in [0.15, 0.2) is 84.9 Å². The molecule has 0 radical (unpaired) electrons. The number of fused-ring (bicyclic) bond motifs is 3. The summed E-state index contributed by atoms with van der Waals surface area (Å²) in [5, 5.41) is 21.0. The number of carbonyl (C=O) groups is 3. The number of hydrogen-bond acceptors (Lipinski definition) is 6. The minimum atomic E-state index is -1.31. The molecule has 1 aromatic heterocycles. The second-order valence-corrected chi connectivity index (χ2v) is 9.41. The number of carbonyl (C=O) groups excluding carboxylic acids is 2. The van der Waals surface area contributed by atoms with Gasteiger partial charge in [-0.15, -0.1) is 0 Å². The number of carboxylic acid groups (broad SMARTS) is 1. The summed E-state index contributed by atoms with van der Waals surface area (Å²) in [6, 6.07) is 25.3. The van der Waals surface area contributed by atoms with Gasteiger partial charge in [0, 0.05) is 12.0 Å². The number of nitrogens with one attached hydrogen (secondary N) is 3. The molecule has 204 valence electrons. The van der Waals surface area contributed by atoms with Gasteiger partial charge in [0.2, 0.25) is 0 Å². The molecule has 1 aliphatic carbocycles. The Balaban J connectivity index is 1.16. The van der Waals surface area contributed by atoms with E-state index < -0.39 is 30.1 Å². The zero-order valence-electron chi connectivity index (χ0n) is 21.7. The molecule has 0 fully saturated rings. The molecule has 10 heteroatoms. The molecule has 3 aromatic carbocycles. The fourth-order valence-electron chi connectivity index (χ4n) is 4.74. The number of aromatic amines is 1. The van der Waals surface area contributed by atoms with Gasteiger partial charge in [-0.05, 0) is 34.7 Å². The number of amides is 2. The lowest BCUT2D eigenvalue weighted by atomic mass is 9.98. The Bertz CT molecular complexity index is 1470. The van der Waals surface area contributed by atoms with Crippen LogP contribution >= 0.6 is 0 Å². The van der Waals surface area contributed by atoms with Crippen LogP contribution in [-0.4, -0.2) is 52.0 Å². The van der Waals surface area contributed by atoms with Gasteiger partial charge in [0.15, 0.2) is 11.9 Å². The van der Waals surface area contributed by atoms with E-state index in [1.165, 1.54) is 6.07 Å². The third-order valence-corrected chi connectivity index (χ3v) is 6.77. The number of H-pyrrole nitrogens is 1. The number of benzene rings is 3. The normalized spacial score (nSPS) is 13.5. The highest BCUT2D eigenvalue weighted by atomic mass is 16.5. The highest BCUT2D eigenvalue weighted by Crippen LogP contribution is 2.44. The Morgan fingerprint density at radius 1 is 0.950 bits per heavy atom. The molecule has 5 rings (SSSR count). The van der Waals surface area contributed by atoms with E-state index in [1.54, 1.807) is 6.92 Å². The second-order valence-electron chi connectivity index (χ2n) is 9.41. The van der Waals surface area contributed by atoms with Crippen molar-refractivity contribution in [3.05, 3.63) is 107 Å². The predicted molar refractivity (Wildman–Crippen MR) is 147 cm³/mol. The van der Waals surface area contributed by atoms with E-state index >= 15 is 0 Å². The Kier molecular flexibility index (Phi) is 7.88. The summed E-state index contributed by atoms with van der Waals surface area (Å²) < 4.78 is 11.2. The standard InChI is InChI=1S/C30H28N4O6/c1-18(39-16-19-9-3-2-4-10-19)27(29(36)37)32-28(35)25-15-26(34-33-25)31-30(38)40-17-24-22-13-7-5-11-20(22)21-12-6-8-14-23(21)24/h2-15,18,24,27H,16-17H2,1H3,(H,32,35)(H,36,37)(H2,31,33,34,38). The molecule has 10 nitrogen and oxygen atoms in total. The van der Waals surface area contributed by atoms with Crippen molar-refractivity contribution in [2.24, 2.45) is 0 Å². The molecule has 1 aliphatic rings. The third-order valence-electron chi connectivity index (χ3n) is 6.77. The first-order valence-corrected chi connectivity index (χ1v) is 12.8. The van der Waals surface area contributed by atoms with Crippen molar-refractivity contribution >= 4 is 23.8 Å². The van der Waals surface area contributed by atoms with E-state index in [0.717, 1.165) is 27.8 Å². The zero-order chi connectivity index (χ0) is 28.1. The van der Waals surface area contributed by atoms with E-state index in [4.69, 9.17) is 9.47 Å². The van der Waals surface area contributed by atoms with Gasteiger partial charge in [0.25, 0.3) is 5.91 Å². The van der Waals surface area contributed by atoms with Gasteiger partial charge < -0.3 is 19.9 Å². The van der Waals surface area contributed by atoms with E-state index in [1.807, 2.05) is 66.7 Å². The summed E-state index contributed by atoms with van der Waals surface area (Å²) in [4.78, 5) is 37.1. The fraction of sp³-hybridized carbons (Fsp3) is 0.200. The van der Waals surface area contributed by atoms with E-state index in [2.05, 4.69) is 33.0 Å². The van der Waals surface area contributed by atoms with Crippen LogP contribution in [0.2, 0.25) is 0 Å². The molecular formula is C30H28N4O6. The first kappa shape index (κ1) is 26.6. The lowest BCUT2D eigenvalue weighted by Crippen LogP contribution is -2.48. The van der Waals surface area contributed by atoms with Crippen LogP contribution in [0, 0.1) is 0 Å². The summed E-state index contributed by atoms with van der Waals surface area (Å²) in [5.74, 6) is -2.00. The maximum Gasteiger partial charge on any atom is 0.412 e. The van der Waals surface area contributed by atoms with Crippen LogP contribution in [0.4, 0.5) is 10.6 Å². The Labute approximate surface area is 230 Å². The quantitative estimate of drug-likeness (QED) is 0.231. The third kappa shape index (κ3) is 5.87. The first-order chi connectivity index (χ1) is 19.4. The average molecular weight is 541 g/mol. The highest BCUT2D eigenvalue weighted by molar-refractivity contribution is 5.96. The van der Waals surface area contributed by atoms with Gasteiger partial charge in [0.1, 0.15) is 12.3 Å². The Morgan fingerprint density at radius 3 is 2.23 bits per heavy atom. The molecule has 2 unspecified atom stereocenters. The second kappa shape index (κ2) is 11.8. The molecule has 0 aliphatic heterocycles. The number of anilines is 1. The molecule has 40 heavy (non-hydrogen) atoms. The van der Waals surface area contributed by atoms with E-state index in [9.17, 15) is 19.5 Å². The largest absolute Gasteiger partial charge is 0.480 e. The van der Waals surface area contributed by atoms with Crippen molar-refractivity contribution in [2.45, 2.75) is 31.6 Å². The molecule has 0 saturated heterocycles. The monoisotopic (exact) mass is 540 g/mol. The van der Waals surface area contributed by atoms with Crippen LogP contribution < -0.4 is 10.6 Å². The summed E-state index contributed by atoms with van der Waals surface area (Å²) >= 11 is 0. The minimum Gasteiger partial charge on any atom is -0.480 e. The number of ether oxygens (including phenoxy) is 2. The smallest absolute Gasteiger partial charge is 0.412 e. The fourth-order valence-corrected chi connectivity index (χ4v) is 4.74. The molecule has 0 bridgehead atoms. The number of aromatic nitrogens is 2. The molecule has 0 saturated carbocycles. The molecule has 4 aromatic rings.